The number of carbonyl (C=O) groups excluding carboxylic acids is 1. The van der Waals surface area contributed by atoms with E-state index >= 15 is 0 Å². The average molecular weight is 323 g/mol. The van der Waals surface area contributed by atoms with E-state index < -0.39 is 6.04 Å². The molecule has 2 heterocycles. The predicted molar refractivity (Wildman–Crippen MR) is 91.4 cm³/mol. The summed E-state index contributed by atoms with van der Waals surface area (Å²) in [5.74, 6) is 2.57. The van der Waals surface area contributed by atoms with Crippen LogP contribution in [0, 0.1) is 12.3 Å². The van der Waals surface area contributed by atoms with E-state index in [1.165, 1.54) is 0 Å². The first-order chi connectivity index (χ1) is 11.7. The number of amides is 1. The van der Waals surface area contributed by atoms with Gasteiger partial charge >= 0.3 is 0 Å². The molecule has 124 valence electrons. The monoisotopic (exact) mass is 323 g/mol. The quantitative estimate of drug-likeness (QED) is 0.792. The van der Waals surface area contributed by atoms with E-state index in [4.69, 9.17) is 11.2 Å². The van der Waals surface area contributed by atoms with Gasteiger partial charge in [0.2, 0.25) is 0 Å². The lowest BCUT2D eigenvalue weighted by atomic mass is 10.0. The van der Waals surface area contributed by atoms with Gasteiger partial charge in [0.15, 0.2) is 0 Å². The molecule has 2 atom stereocenters. The second-order valence-corrected chi connectivity index (χ2v) is 5.95. The number of benzene rings is 1. The topological polar surface area (TPSA) is 47.4 Å². The molecule has 0 bridgehead atoms. The van der Waals surface area contributed by atoms with Gasteiger partial charge in [0, 0.05) is 19.9 Å². The number of nitrogens with zero attached hydrogens (tertiary/aromatic N) is 3. The van der Waals surface area contributed by atoms with Crippen molar-refractivity contribution >= 4 is 5.91 Å². The Balaban J connectivity index is 1.95. The van der Waals surface area contributed by atoms with Crippen molar-refractivity contribution in [3.05, 3.63) is 54.1 Å². The van der Waals surface area contributed by atoms with Gasteiger partial charge in [-0.1, -0.05) is 30.3 Å². The van der Waals surface area contributed by atoms with Gasteiger partial charge in [-0.25, -0.2) is 4.98 Å². The molecule has 1 aliphatic heterocycles. The Morgan fingerprint density at radius 3 is 2.92 bits per heavy atom. The van der Waals surface area contributed by atoms with Crippen LogP contribution in [-0.2, 0) is 9.53 Å². The summed E-state index contributed by atoms with van der Waals surface area (Å²) in [6.45, 7) is 1.32. The van der Waals surface area contributed by atoms with Gasteiger partial charge in [-0.2, -0.15) is 0 Å². The molecule has 0 saturated carbocycles. The summed E-state index contributed by atoms with van der Waals surface area (Å²) in [6, 6.07) is 9.40. The number of ether oxygens (including phenoxy) is 1. The maximum Gasteiger partial charge on any atom is 0.250 e. The molecule has 1 saturated heterocycles. The zero-order chi connectivity index (χ0) is 16.9. The van der Waals surface area contributed by atoms with Gasteiger partial charge < -0.3 is 14.2 Å². The van der Waals surface area contributed by atoms with E-state index in [9.17, 15) is 4.79 Å². The normalized spacial score (nSPS) is 18.3. The van der Waals surface area contributed by atoms with E-state index in [-0.39, 0.29) is 11.9 Å². The second-order valence-electron chi connectivity index (χ2n) is 5.95. The van der Waals surface area contributed by atoms with E-state index in [0.29, 0.717) is 12.3 Å². The van der Waals surface area contributed by atoms with Gasteiger partial charge in [0.25, 0.3) is 5.91 Å². The Bertz CT molecular complexity index is 733. The van der Waals surface area contributed by atoms with E-state index in [0.717, 1.165) is 24.9 Å². The molecule has 0 radical (unpaired) electrons. The highest BCUT2D eigenvalue weighted by Gasteiger charge is 2.34. The molecule has 1 unspecified atom stereocenters. The number of carbonyl (C=O) groups is 1. The Labute approximate surface area is 142 Å². The van der Waals surface area contributed by atoms with Crippen molar-refractivity contribution < 1.29 is 9.53 Å². The van der Waals surface area contributed by atoms with Gasteiger partial charge in [-0.3, -0.25) is 4.79 Å². The van der Waals surface area contributed by atoms with Gasteiger partial charge in [0.05, 0.1) is 19.0 Å². The SMILES string of the molecule is C#Cc1cn(C(C(=O)N2CCC[C@H]2COC)c2ccccc2)cn1. The van der Waals surface area contributed by atoms with Gasteiger partial charge in [0.1, 0.15) is 11.7 Å². The third-order valence-corrected chi connectivity index (χ3v) is 4.42. The summed E-state index contributed by atoms with van der Waals surface area (Å²) in [6.07, 6.45) is 10.8. The first-order valence-electron chi connectivity index (χ1n) is 8.09. The summed E-state index contributed by atoms with van der Waals surface area (Å²) in [5, 5.41) is 0. The van der Waals surface area contributed by atoms with Crippen LogP contribution in [-0.4, -0.2) is 46.7 Å². The minimum Gasteiger partial charge on any atom is -0.383 e. The maximum absolute atomic E-state index is 13.3. The minimum atomic E-state index is -0.460. The molecule has 1 aromatic carbocycles. The molecule has 2 aromatic rings. The first-order valence-corrected chi connectivity index (χ1v) is 8.09. The van der Waals surface area contributed by atoms with Crippen molar-refractivity contribution in [3.63, 3.8) is 0 Å². The number of rotatable bonds is 5. The lowest BCUT2D eigenvalue weighted by molar-refractivity contribution is -0.135. The van der Waals surface area contributed by atoms with Crippen molar-refractivity contribution in [2.75, 3.05) is 20.3 Å². The van der Waals surface area contributed by atoms with Crippen LogP contribution in [0.1, 0.15) is 30.1 Å². The fourth-order valence-electron chi connectivity index (χ4n) is 3.28. The number of hydrogen-bond acceptors (Lipinski definition) is 3. The van der Waals surface area contributed by atoms with Crippen LogP contribution in [0.25, 0.3) is 0 Å². The lowest BCUT2D eigenvalue weighted by Crippen LogP contribution is -2.42. The largest absolute Gasteiger partial charge is 0.383 e. The number of hydrogen-bond donors (Lipinski definition) is 0. The third kappa shape index (κ3) is 3.19. The van der Waals surface area contributed by atoms with Crippen LogP contribution in [0.3, 0.4) is 0 Å². The van der Waals surface area contributed by atoms with Gasteiger partial charge in [-0.05, 0) is 24.3 Å². The van der Waals surface area contributed by atoms with E-state index in [2.05, 4.69) is 10.9 Å². The first kappa shape index (κ1) is 16.3. The van der Waals surface area contributed by atoms with Gasteiger partial charge in [-0.15, -0.1) is 6.42 Å². The highest BCUT2D eigenvalue weighted by Crippen LogP contribution is 2.26. The average Bonchev–Trinajstić information content (AvgIpc) is 3.26. The van der Waals surface area contributed by atoms with Crippen LogP contribution in [0.2, 0.25) is 0 Å². The summed E-state index contributed by atoms with van der Waals surface area (Å²) < 4.78 is 7.08. The third-order valence-electron chi connectivity index (χ3n) is 4.42. The molecule has 5 nitrogen and oxygen atoms in total. The minimum absolute atomic E-state index is 0.0571. The number of methoxy groups -OCH3 is 1. The standard InChI is InChI=1S/C19H21N3O2/c1-3-16-12-21(14-20-16)18(15-8-5-4-6-9-15)19(23)22-11-7-10-17(22)13-24-2/h1,4-6,8-9,12,14,17-18H,7,10-11,13H2,2H3/t17-,18?/m0/s1. The molecule has 1 aliphatic rings. The van der Waals surface area contributed by atoms with E-state index in [1.807, 2.05) is 35.2 Å². The molecule has 0 N–H and O–H groups in total. The molecule has 24 heavy (non-hydrogen) atoms. The molecule has 1 aromatic heterocycles. The molecule has 1 fully saturated rings. The van der Waals surface area contributed by atoms with Crippen molar-refractivity contribution in [2.45, 2.75) is 24.9 Å². The second kappa shape index (κ2) is 7.33. The summed E-state index contributed by atoms with van der Waals surface area (Å²) in [5.41, 5.74) is 1.45. The summed E-state index contributed by atoms with van der Waals surface area (Å²) in [7, 11) is 1.67. The highest BCUT2D eigenvalue weighted by atomic mass is 16.5. The molecule has 0 spiro atoms. The van der Waals surface area contributed by atoms with Crippen LogP contribution in [0.4, 0.5) is 0 Å². The summed E-state index contributed by atoms with van der Waals surface area (Å²) in [4.78, 5) is 19.4. The number of aromatic nitrogens is 2. The van der Waals surface area contributed by atoms with Crippen molar-refractivity contribution in [3.8, 4) is 12.3 Å². The number of imidazole rings is 1. The predicted octanol–water partition coefficient (Wildman–Crippen LogP) is 2.09. The summed E-state index contributed by atoms with van der Waals surface area (Å²) >= 11 is 0. The highest BCUT2D eigenvalue weighted by molar-refractivity contribution is 5.84. The Morgan fingerprint density at radius 2 is 2.25 bits per heavy atom. The molecular weight excluding hydrogens is 302 g/mol. The zero-order valence-corrected chi connectivity index (χ0v) is 13.8. The molecule has 1 amide bonds. The van der Waals surface area contributed by atoms with Crippen LogP contribution in [0.15, 0.2) is 42.9 Å². The van der Waals surface area contributed by atoms with Crippen molar-refractivity contribution in [1.29, 1.82) is 0 Å². The van der Waals surface area contributed by atoms with Crippen molar-refractivity contribution in [1.82, 2.24) is 14.5 Å². The van der Waals surface area contributed by atoms with Crippen LogP contribution in [0.5, 0.6) is 0 Å². The Hall–Kier alpha value is -2.58. The fourth-order valence-corrected chi connectivity index (χ4v) is 3.28. The number of likely N-dealkylation sites (tertiary alicyclic amines) is 1. The Kier molecular flexibility index (Phi) is 4.97. The van der Waals surface area contributed by atoms with Crippen LogP contribution >= 0.6 is 0 Å². The van der Waals surface area contributed by atoms with Crippen molar-refractivity contribution in [2.24, 2.45) is 0 Å². The zero-order valence-electron chi connectivity index (χ0n) is 13.8. The maximum atomic E-state index is 13.3. The molecular formula is C19H21N3O2. The molecule has 0 aliphatic carbocycles. The Morgan fingerprint density at radius 1 is 1.46 bits per heavy atom. The smallest absolute Gasteiger partial charge is 0.250 e. The fraction of sp³-hybridized carbons (Fsp3) is 0.368. The lowest BCUT2D eigenvalue weighted by Gasteiger charge is -2.29. The number of terminal acetylenes is 1. The molecule has 5 heteroatoms. The van der Waals surface area contributed by atoms with E-state index in [1.54, 1.807) is 24.2 Å². The van der Waals surface area contributed by atoms with Crippen LogP contribution < -0.4 is 0 Å². The molecule has 3 rings (SSSR count).